The number of carbonyl (C=O) groups excluding carboxylic acids is 2. The van der Waals surface area contributed by atoms with E-state index in [4.69, 9.17) is 5.41 Å². The number of halogens is 1. The van der Waals surface area contributed by atoms with Crippen LogP contribution < -0.4 is 5.32 Å². The molecule has 2 N–H and O–H groups in total. The van der Waals surface area contributed by atoms with Crippen LogP contribution in [-0.2, 0) is 9.59 Å². The van der Waals surface area contributed by atoms with Crippen molar-refractivity contribution in [1.82, 2.24) is 5.32 Å². The summed E-state index contributed by atoms with van der Waals surface area (Å²) in [5.41, 5.74) is 0. The lowest BCUT2D eigenvalue weighted by Gasteiger charge is -1.95. The van der Waals surface area contributed by atoms with Gasteiger partial charge >= 0.3 is 0 Å². The average molecular weight is 132 g/mol. The molecule has 5 heteroatoms. The first kappa shape index (κ1) is 7.74. The summed E-state index contributed by atoms with van der Waals surface area (Å²) >= 11 is 0. The SMILES string of the molecule is N=CC(F)C(=O)NC=O. The van der Waals surface area contributed by atoms with Crippen LogP contribution in [0.2, 0.25) is 0 Å². The Hall–Kier alpha value is -1.26. The molecule has 4 nitrogen and oxygen atoms in total. The zero-order valence-electron chi connectivity index (χ0n) is 4.43. The minimum absolute atomic E-state index is 0.0679. The Morgan fingerprint density at radius 1 is 1.78 bits per heavy atom. The molecule has 2 amide bonds. The quantitative estimate of drug-likeness (QED) is 0.391. The van der Waals surface area contributed by atoms with E-state index < -0.39 is 12.1 Å². The van der Waals surface area contributed by atoms with Crippen molar-refractivity contribution in [3.8, 4) is 0 Å². The van der Waals surface area contributed by atoms with Gasteiger partial charge in [0.15, 0.2) is 0 Å². The van der Waals surface area contributed by atoms with E-state index in [0.29, 0.717) is 6.21 Å². The summed E-state index contributed by atoms with van der Waals surface area (Å²) < 4.78 is 11.9. The maximum Gasteiger partial charge on any atom is 0.266 e. The van der Waals surface area contributed by atoms with Gasteiger partial charge in [-0.25, -0.2) is 4.39 Å². The van der Waals surface area contributed by atoms with Crippen molar-refractivity contribution in [3.63, 3.8) is 0 Å². The van der Waals surface area contributed by atoms with Crippen LogP contribution in [0, 0.1) is 5.41 Å². The lowest BCUT2D eigenvalue weighted by atomic mass is 10.4. The molecule has 0 saturated carbocycles. The van der Waals surface area contributed by atoms with Gasteiger partial charge in [-0.3, -0.25) is 14.9 Å². The van der Waals surface area contributed by atoms with Crippen molar-refractivity contribution in [2.75, 3.05) is 0 Å². The number of imide groups is 1. The molecule has 0 aromatic carbocycles. The highest BCUT2D eigenvalue weighted by Crippen LogP contribution is 1.82. The molecule has 0 aromatic heterocycles. The van der Waals surface area contributed by atoms with E-state index in [2.05, 4.69) is 0 Å². The fourth-order valence-corrected chi connectivity index (χ4v) is 0.213. The molecule has 0 bridgehead atoms. The predicted octanol–water partition coefficient (Wildman–Crippen LogP) is -0.753. The van der Waals surface area contributed by atoms with E-state index in [1.807, 2.05) is 0 Å². The van der Waals surface area contributed by atoms with Gasteiger partial charge in [0.2, 0.25) is 12.6 Å². The van der Waals surface area contributed by atoms with Gasteiger partial charge in [-0.1, -0.05) is 0 Å². The molecule has 0 rings (SSSR count). The molecule has 0 fully saturated rings. The molecule has 0 aliphatic heterocycles. The van der Waals surface area contributed by atoms with Crippen LogP contribution in [0.4, 0.5) is 4.39 Å². The molecule has 0 aromatic rings. The number of rotatable bonds is 3. The molecule has 9 heavy (non-hydrogen) atoms. The van der Waals surface area contributed by atoms with E-state index in [0.717, 1.165) is 0 Å². The van der Waals surface area contributed by atoms with E-state index in [9.17, 15) is 14.0 Å². The van der Waals surface area contributed by atoms with Gasteiger partial charge in [0, 0.05) is 6.21 Å². The molecular weight excluding hydrogens is 127 g/mol. The second-order valence-electron chi connectivity index (χ2n) is 1.19. The zero-order valence-corrected chi connectivity index (χ0v) is 4.43. The smallest absolute Gasteiger partial charge is 0.266 e. The summed E-state index contributed by atoms with van der Waals surface area (Å²) in [5, 5.41) is 7.79. The Morgan fingerprint density at radius 2 is 2.33 bits per heavy atom. The summed E-state index contributed by atoms with van der Waals surface area (Å²) in [6, 6.07) is 0. The summed E-state index contributed by atoms with van der Waals surface area (Å²) in [6.07, 6.45) is -1.65. The Morgan fingerprint density at radius 3 is 2.67 bits per heavy atom. The lowest BCUT2D eigenvalue weighted by molar-refractivity contribution is -0.127. The summed E-state index contributed by atoms with van der Waals surface area (Å²) in [5.74, 6) is -1.11. The average Bonchev–Trinajstić information content (AvgIpc) is 1.87. The molecular formula is C4H5FN2O2. The first-order valence-corrected chi connectivity index (χ1v) is 2.11. The van der Waals surface area contributed by atoms with Gasteiger partial charge in [-0.15, -0.1) is 0 Å². The minimum Gasteiger partial charge on any atom is -0.310 e. The number of amides is 2. The number of alkyl halides is 1. The van der Waals surface area contributed by atoms with Gasteiger partial charge in [0.1, 0.15) is 0 Å². The maximum absolute atomic E-state index is 11.9. The van der Waals surface area contributed by atoms with E-state index in [1.165, 1.54) is 0 Å². The molecule has 0 saturated heterocycles. The predicted molar refractivity (Wildman–Crippen MR) is 27.9 cm³/mol. The molecule has 0 heterocycles. The standard InChI is InChI=1S/C4H5FN2O2/c5-3(1-6)4(9)7-2-8/h1-3,6H,(H,7,8,9). The molecule has 50 valence electrons. The van der Waals surface area contributed by atoms with Crippen LogP contribution in [0.25, 0.3) is 0 Å². The van der Waals surface area contributed by atoms with Crippen molar-refractivity contribution in [1.29, 1.82) is 5.41 Å². The second kappa shape index (κ2) is 3.71. The van der Waals surface area contributed by atoms with Crippen molar-refractivity contribution in [3.05, 3.63) is 0 Å². The molecule has 0 aliphatic carbocycles. The number of hydrogen-bond donors (Lipinski definition) is 2. The fraction of sp³-hybridized carbons (Fsp3) is 0.250. The minimum atomic E-state index is -2.02. The Kier molecular flexibility index (Phi) is 3.19. The van der Waals surface area contributed by atoms with Gasteiger partial charge in [0.25, 0.3) is 5.91 Å². The first-order valence-electron chi connectivity index (χ1n) is 2.11. The fourth-order valence-electron chi connectivity index (χ4n) is 0.213. The van der Waals surface area contributed by atoms with E-state index >= 15 is 0 Å². The van der Waals surface area contributed by atoms with Crippen molar-refractivity contribution >= 4 is 18.5 Å². The third-order valence-electron chi connectivity index (χ3n) is 0.598. The van der Waals surface area contributed by atoms with E-state index in [1.54, 1.807) is 5.32 Å². The highest BCUT2D eigenvalue weighted by Gasteiger charge is 2.11. The summed E-state index contributed by atoms with van der Waals surface area (Å²) in [7, 11) is 0. The number of hydrogen-bond acceptors (Lipinski definition) is 3. The Labute approximate surface area is 50.6 Å². The van der Waals surface area contributed by atoms with Crippen LogP contribution in [0.15, 0.2) is 0 Å². The third kappa shape index (κ3) is 2.53. The van der Waals surface area contributed by atoms with Crippen molar-refractivity contribution in [2.24, 2.45) is 0 Å². The van der Waals surface area contributed by atoms with Crippen LogP contribution in [0.3, 0.4) is 0 Å². The Bertz CT molecular complexity index is 137. The summed E-state index contributed by atoms with van der Waals surface area (Å²) in [4.78, 5) is 19.6. The van der Waals surface area contributed by atoms with Crippen LogP contribution in [-0.4, -0.2) is 24.7 Å². The topological polar surface area (TPSA) is 70.0 Å². The van der Waals surface area contributed by atoms with E-state index in [-0.39, 0.29) is 6.41 Å². The van der Waals surface area contributed by atoms with Gasteiger partial charge < -0.3 is 5.41 Å². The van der Waals surface area contributed by atoms with Crippen LogP contribution in [0.5, 0.6) is 0 Å². The normalized spacial score (nSPS) is 11.7. The molecule has 0 aliphatic rings. The highest BCUT2D eigenvalue weighted by atomic mass is 19.1. The van der Waals surface area contributed by atoms with Crippen molar-refractivity contribution in [2.45, 2.75) is 6.17 Å². The molecule has 0 spiro atoms. The molecule has 1 unspecified atom stereocenters. The Balaban J connectivity index is 3.71. The first-order chi connectivity index (χ1) is 4.22. The number of carbonyl (C=O) groups is 2. The summed E-state index contributed by atoms with van der Waals surface area (Å²) in [6.45, 7) is 0. The molecule has 1 atom stereocenters. The van der Waals surface area contributed by atoms with Crippen molar-refractivity contribution < 1.29 is 14.0 Å². The maximum atomic E-state index is 11.9. The van der Waals surface area contributed by atoms with Gasteiger partial charge in [-0.2, -0.15) is 0 Å². The monoisotopic (exact) mass is 132 g/mol. The molecule has 0 radical (unpaired) electrons. The number of nitrogens with one attached hydrogen (secondary N) is 2. The largest absolute Gasteiger partial charge is 0.310 e. The highest BCUT2D eigenvalue weighted by molar-refractivity contribution is 5.99. The van der Waals surface area contributed by atoms with Gasteiger partial charge in [0.05, 0.1) is 0 Å². The van der Waals surface area contributed by atoms with Crippen LogP contribution in [0.1, 0.15) is 0 Å². The van der Waals surface area contributed by atoms with Crippen LogP contribution >= 0.6 is 0 Å². The second-order valence-corrected chi connectivity index (χ2v) is 1.19. The van der Waals surface area contributed by atoms with Gasteiger partial charge in [-0.05, 0) is 0 Å². The lowest BCUT2D eigenvalue weighted by Crippen LogP contribution is -2.31. The third-order valence-corrected chi connectivity index (χ3v) is 0.598. The zero-order chi connectivity index (χ0) is 7.28.